The predicted octanol–water partition coefficient (Wildman–Crippen LogP) is 4.01. The summed E-state index contributed by atoms with van der Waals surface area (Å²) in [6.45, 7) is 11.9. The molecule has 0 aromatic carbocycles. The first-order valence-electron chi connectivity index (χ1n) is 6.53. The van der Waals surface area contributed by atoms with E-state index >= 15 is 0 Å². The number of carbonyl (C=O) groups excluding carboxylic acids is 1. The molecule has 2 nitrogen and oxygen atoms in total. The van der Waals surface area contributed by atoms with Gasteiger partial charge in [-0.2, -0.15) is 0 Å². The SMILES string of the molecule is CC[Si](CC)(CC)OCC(C)(C)CCC=O. The van der Waals surface area contributed by atoms with Crippen LogP contribution < -0.4 is 0 Å². The van der Waals surface area contributed by atoms with Crippen molar-refractivity contribution in [3.8, 4) is 0 Å². The first-order chi connectivity index (χ1) is 7.45. The van der Waals surface area contributed by atoms with Gasteiger partial charge in [0.25, 0.3) is 0 Å². The molecule has 0 atom stereocenters. The fourth-order valence-electron chi connectivity index (χ4n) is 1.93. The molecule has 0 unspecified atom stereocenters. The molecule has 0 spiro atoms. The van der Waals surface area contributed by atoms with Crippen molar-refractivity contribution >= 4 is 14.6 Å². The summed E-state index contributed by atoms with van der Waals surface area (Å²) in [5.74, 6) is 0. The highest BCUT2D eigenvalue weighted by molar-refractivity contribution is 6.73. The van der Waals surface area contributed by atoms with E-state index in [0.717, 1.165) is 19.3 Å². The summed E-state index contributed by atoms with van der Waals surface area (Å²) in [5, 5.41) is 0. The highest BCUT2D eigenvalue weighted by Crippen LogP contribution is 2.28. The maximum absolute atomic E-state index is 10.4. The van der Waals surface area contributed by atoms with Crippen LogP contribution in [-0.2, 0) is 9.22 Å². The van der Waals surface area contributed by atoms with Crippen LogP contribution in [0.1, 0.15) is 47.5 Å². The summed E-state index contributed by atoms with van der Waals surface area (Å²) in [6.07, 6.45) is 2.58. The average Bonchev–Trinajstić information content (AvgIpc) is 2.29. The monoisotopic (exact) mass is 244 g/mol. The van der Waals surface area contributed by atoms with E-state index in [1.807, 2.05) is 0 Å². The topological polar surface area (TPSA) is 26.3 Å². The number of aldehydes is 1. The zero-order valence-corrected chi connectivity index (χ0v) is 12.6. The Morgan fingerprint density at radius 1 is 1.12 bits per heavy atom. The summed E-state index contributed by atoms with van der Waals surface area (Å²) in [6, 6.07) is 3.59. The van der Waals surface area contributed by atoms with Gasteiger partial charge >= 0.3 is 0 Å². The van der Waals surface area contributed by atoms with Crippen molar-refractivity contribution < 1.29 is 9.22 Å². The minimum absolute atomic E-state index is 0.138. The second-order valence-electron chi connectivity index (χ2n) is 5.40. The van der Waals surface area contributed by atoms with Gasteiger partial charge in [-0.25, -0.2) is 0 Å². The summed E-state index contributed by atoms with van der Waals surface area (Å²) >= 11 is 0. The summed E-state index contributed by atoms with van der Waals surface area (Å²) in [4.78, 5) is 10.4. The normalized spacial score (nSPS) is 12.8. The van der Waals surface area contributed by atoms with E-state index in [1.165, 1.54) is 18.1 Å². The molecule has 0 aliphatic heterocycles. The molecule has 0 aliphatic rings. The van der Waals surface area contributed by atoms with Gasteiger partial charge in [-0.05, 0) is 30.0 Å². The summed E-state index contributed by atoms with van der Waals surface area (Å²) < 4.78 is 6.26. The molecule has 0 N–H and O–H groups in total. The zero-order chi connectivity index (χ0) is 12.7. The Balaban J connectivity index is 4.23. The molecule has 0 aromatic rings. The number of rotatable bonds is 9. The van der Waals surface area contributed by atoms with Gasteiger partial charge in [-0.3, -0.25) is 0 Å². The number of hydrogen-bond acceptors (Lipinski definition) is 2. The molecule has 0 saturated heterocycles. The Bertz CT molecular complexity index is 190. The molecule has 0 aromatic heterocycles. The van der Waals surface area contributed by atoms with Crippen LogP contribution in [0.25, 0.3) is 0 Å². The molecule has 0 saturated carbocycles. The van der Waals surface area contributed by atoms with Crippen LogP contribution >= 0.6 is 0 Å². The molecule has 0 radical (unpaired) electrons. The van der Waals surface area contributed by atoms with Crippen molar-refractivity contribution in [2.24, 2.45) is 5.41 Å². The van der Waals surface area contributed by atoms with Crippen molar-refractivity contribution in [2.45, 2.75) is 65.6 Å². The lowest BCUT2D eigenvalue weighted by atomic mass is 9.89. The van der Waals surface area contributed by atoms with Crippen LogP contribution in [0.2, 0.25) is 18.1 Å². The molecule has 0 amide bonds. The van der Waals surface area contributed by atoms with Gasteiger partial charge in [-0.15, -0.1) is 0 Å². The van der Waals surface area contributed by atoms with Gasteiger partial charge in [0, 0.05) is 13.0 Å². The molecule has 96 valence electrons. The number of hydrogen-bond donors (Lipinski definition) is 0. The maximum Gasteiger partial charge on any atom is 0.192 e. The molecule has 0 aliphatic carbocycles. The largest absolute Gasteiger partial charge is 0.416 e. The lowest BCUT2D eigenvalue weighted by molar-refractivity contribution is -0.108. The quantitative estimate of drug-likeness (QED) is 0.452. The van der Waals surface area contributed by atoms with Gasteiger partial charge in [-0.1, -0.05) is 34.6 Å². The van der Waals surface area contributed by atoms with Crippen molar-refractivity contribution in [3.63, 3.8) is 0 Å². The molecular weight excluding hydrogens is 216 g/mol. The highest BCUT2D eigenvalue weighted by atomic mass is 28.4. The molecule has 0 heterocycles. The third-order valence-electron chi connectivity index (χ3n) is 3.64. The van der Waals surface area contributed by atoms with Gasteiger partial charge < -0.3 is 9.22 Å². The van der Waals surface area contributed by atoms with E-state index in [1.54, 1.807) is 0 Å². The van der Waals surface area contributed by atoms with E-state index in [0.29, 0.717) is 6.42 Å². The second kappa shape index (κ2) is 7.23. The summed E-state index contributed by atoms with van der Waals surface area (Å²) in [5.41, 5.74) is 0.138. The Kier molecular flexibility index (Phi) is 7.16. The van der Waals surface area contributed by atoms with Crippen LogP contribution in [0.15, 0.2) is 0 Å². The van der Waals surface area contributed by atoms with Crippen LogP contribution in [0, 0.1) is 5.41 Å². The smallest absolute Gasteiger partial charge is 0.192 e. The Morgan fingerprint density at radius 3 is 2.00 bits per heavy atom. The molecule has 0 rings (SSSR count). The molecular formula is C13H28O2Si. The van der Waals surface area contributed by atoms with Crippen LogP contribution in [0.3, 0.4) is 0 Å². The minimum Gasteiger partial charge on any atom is -0.416 e. The van der Waals surface area contributed by atoms with E-state index < -0.39 is 8.32 Å². The van der Waals surface area contributed by atoms with Crippen molar-refractivity contribution in [3.05, 3.63) is 0 Å². The van der Waals surface area contributed by atoms with Gasteiger partial charge in [0.05, 0.1) is 0 Å². The van der Waals surface area contributed by atoms with Crippen LogP contribution in [0.5, 0.6) is 0 Å². The maximum atomic E-state index is 10.4. The molecule has 0 fully saturated rings. The number of carbonyl (C=O) groups is 1. The predicted molar refractivity (Wildman–Crippen MR) is 72.2 cm³/mol. The highest BCUT2D eigenvalue weighted by Gasteiger charge is 2.31. The van der Waals surface area contributed by atoms with E-state index in [2.05, 4.69) is 34.6 Å². The lowest BCUT2D eigenvalue weighted by Gasteiger charge is -2.33. The third-order valence-corrected chi connectivity index (χ3v) is 8.26. The first kappa shape index (κ1) is 15.8. The fourth-order valence-corrected chi connectivity index (χ4v) is 4.74. The Morgan fingerprint density at radius 2 is 1.62 bits per heavy atom. The van der Waals surface area contributed by atoms with E-state index in [4.69, 9.17) is 4.43 Å². The van der Waals surface area contributed by atoms with Gasteiger partial charge in [0.2, 0.25) is 0 Å². The zero-order valence-electron chi connectivity index (χ0n) is 11.6. The van der Waals surface area contributed by atoms with Gasteiger partial charge in [0.15, 0.2) is 8.32 Å². The van der Waals surface area contributed by atoms with Crippen molar-refractivity contribution in [1.29, 1.82) is 0 Å². The third kappa shape index (κ3) is 5.26. The molecule has 0 bridgehead atoms. The average molecular weight is 244 g/mol. The lowest BCUT2D eigenvalue weighted by Crippen LogP contribution is -2.39. The molecule has 16 heavy (non-hydrogen) atoms. The molecule has 3 heteroatoms. The standard InChI is InChI=1S/C13H28O2Si/c1-6-16(7-2,8-3)15-12-13(4,5)10-9-11-14/h11H,6-10,12H2,1-5H3. The van der Waals surface area contributed by atoms with Crippen molar-refractivity contribution in [1.82, 2.24) is 0 Å². The van der Waals surface area contributed by atoms with E-state index in [9.17, 15) is 4.79 Å². The Hall–Kier alpha value is -0.153. The second-order valence-corrected chi connectivity index (χ2v) is 10.2. The van der Waals surface area contributed by atoms with Crippen molar-refractivity contribution in [2.75, 3.05) is 6.61 Å². The fraction of sp³-hybridized carbons (Fsp3) is 0.923. The van der Waals surface area contributed by atoms with E-state index in [-0.39, 0.29) is 5.41 Å². The van der Waals surface area contributed by atoms with Crippen LogP contribution in [0.4, 0.5) is 0 Å². The Labute approximate surface area is 102 Å². The minimum atomic E-state index is -1.45. The summed E-state index contributed by atoms with van der Waals surface area (Å²) in [7, 11) is -1.45. The van der Waals surface area contributed by atoms with Gasteiger partial charge in [0.1, 0.15) is 6.29 Å². The first-order valence-corrected chi connectivity index (χ1v) is 9.06. The van der Waals surface area contributed by atoms with Crippen LogP contribution in [-0.4, -0.2) is 21.2 Å².